The van der Waals surface area contributed by atoms with E-state index < -0.39 is 15.8 Å². The monoisotopic (exact) mass is 334 g/mol. The molecule has 1 aromatic rings. The fourth-order valence-corrected chi connectivity index (χ4v) is 3.71. The molecule has 21 heavy (non-hydrogen) atoms. The molecule has 0 amide bonds. The molecule has 1 heterocycles. The molecule has 1 unspecified atom stereocenters. The van der Waals surface area contributed by atoms with E-state index in [4.69, 9.17) is 11.6 Å². The lowest BCUT2D eigenvalue weighted by Gasteiger charge is -2.31. The summed E-state index contributed by atoms with van der Waals surface area (Å²) < 4.78 is 37.7. The Kier molecular flexibility index (Phi) is 5.60. The van der Waals surface area contributed by atoms with Gasteiger partial charge >= 0.3 is 0 Å². The lowest BCUT2D eigenvalue weighted by Crippen LogP contribution is -2.42. The Morgan fingerprint density at radius 1 is 1.48 bits per heavy atom. The maximum absolute atomic E-state index is 13.1. The zero-order chi connectivity index (χ0) is 15.5. The molecule has 1 N–H and O–H groups in total. The molecular weight excluding hydrogens is 315 g/mol. The first-order valence-electron chi connectivity index (χ1n) is 6.96. The predicted octanol–water partition coefficient (Wildman–Crippen LogP) is 2.24. The van der Waals surface area contributed by atoms with Crippen LogP contribution in [0.2, 0.25) is 5.02 Å². The standard InChI is InChI=1S/C14H20ClFN2O2S/c1-21(19,20)18-6-2-3-12(10-18)9-17-8-11-4-5-14(16)13(15)7-11/h4-5,7,12,17H,2-3,6,8-10H2,1H3. The first-order valence-corrected chi connectivity index (χ1v) is 9.18. The van der Waals surface area contributed by atoms with Crippen molar-refractivity contribution < 1.29 is 12.8 Å². The fraction of sp³-hybridized carbons (Fsp3) is 0.571. The van der Waals surface area contributed by atoms with Crippen molar-refractivity contribution in [3.8, 4) is 0 Å². The molecule has 1 aromatic carbocycles. The van der Waals surface area contributed by atoms with E-state index in [1.807, 2.05) is 0 Å². The van der Waals surface area contributed by atoms with Crippen LogP contribution in [0.3, 0.4) is 0 Å². The molecule has 0 bridgehead atoms. The third-order valence-corrected chi connectivity index (χ3v) is 5.26. The highest BCUT2D eigenvalue weighted by Crippen LogP contribution is 2.19. The average molecular weight is 335 g/mol. The molecule has 4 nitrogen and oxygen atoms in total. The number of benzene rings is 1. The summed E-state index contributed by atoms with van der Waals surface area (Å²) in [5, 5.41) is 3.41. The molecule has 118 valence electrons. The van der Waals surface area contributed by atoms with Crippen LogP contribution in [0.25, 0.3) is 0 Å². The summed E-state index contributed by atoms with van der Waals surface area (Å²) >= 11 is 5.73. The van der Waals surface area contributed by atoms with Gasteiger partial charge in [-0.25, -0.2) is 17.1 Å². The largest absolute Gasteiger partial charge is 0.312 e. The molecule has 0 saturated carbocycles. The maximum Gasteiger partial charge on any atom is 0.211 e. The Morgan fingerprint density at radius 3 is 2.90 bits per heavy atom. The SMILES string of the molecule is CS(=O)(=O)N1CCCC(CNCc2ccc(F)c(Cl)c2)C1. The fourth-order valence-electron chi connectivity index (χ4n) is 2.56. The quantitative estimate of drug-likeness (QED) is 0.898. The number of sulfonamides is 1. The summed E-state index contributed by atoms with van der Waals surface area (Å²) in [5.41, 5.74) is 0.914. The molecule has 0 aliphatic carbocycles. The highest BCUT2D eigenvalue weighted by atomic mass is 35.5. The highest BCUT2D eigenvalue weighted by Gasteiger charge is 2.25. The van der Waals surface area contributed by atoms with Gasteiger partial charge in [0.15, 0.2) is 0 Å². The van der Waals surface area contributed by atoms with Gasteiger partial charge < -0.3 is 5.32 Å². The minimum absolute atomic E-state index is 0.121. The highest BCUT2D eigenvalue weighted by molar-refractivity contribution is 7.88. The molecule has 1 saturated heterocycles. The van der Waals surface area contributed by atoms with E-state index in [1.165, 1.54) is 16.6 Å². The van der Waals surface area contributed by atoms with E-state index in [-0.39, 0.29) is 5.02 Å². The first kappa shape index (κ1) is 16.7. The van der Waals surface area contributed by atoms with Crippen molar-refractivity contribution in [2.24, 2.45) is 5.92 Å². The third-order valence-electron chi connectivity index (χ3n) is 3.70. The number of nitrogens with zero attached hydrogens (tertiary/aromatic N) is 1. The zero-order valence-electron chi connectivity index (χ0n) is 12.0. The summed E-state index contributed by atoms with van der Waals surface area (Å²) in [6.45, 7) is 2.51. The van der Waals surface area contributed by atoms with Crippen molar-refractivity contribution in [1.29, 1.82) is 0 Å². The molecule has 1 atom stereocenters. The van der Waals surface area contributed by atoms with Gasteiger partial charge in [-0.15, -0.1) is 0 Å². The van der Waals surface area contributed by atoms with Gasteiger partial charge in [-0.2, -0.15) is 0 Å². The Hall–Kier alpha value is -0.690. The molecule has 1 aliphatic rings. The molecule has 2 rings (SSSR count). The summed E-state index contributed by atoms with van der Waals surface area (Å²) in [4.78, 5) is 0. The van der Waals surface area contributed by atoms with E-state index in [9.17, 15) is 12.8 Å². The van der Waals surface area contributed by atoms with Crippen LogP contribution in [0.15, 0.2) is 18.2 Å². The Bertz CT molecular complexity index is 595. The Labute approximate surface area is 130 Å². The number of rotatable bonds is 5. The Balaban J connectivity index is 1.81. The summed E-state index contributed by atoms with van der Waals surface area (Å²) in [7, 11) is -3.10. The van der Waals surface area contributed by atoms with Crippen LogP contribution in [0, 0.1) is 11.7 Å². The predicted molar refractivity (Wildman–Crippen MR) is 82.3 cm³/mol. The second-order valence-corrected chi connectivity index (χ2v) is 7.90. The molecular formula is C14H20ClFN2O2S. The molecule has 0 radical (unpaired) electrons. The second-order valence-electron chi connectivity index (χ2n) is 5.51. The Morgan fingerprint density at radius 2 is 2.24 bits per heavy atom. The van der Waals surface area contributed by atoms with Crippen molar-refractivity contribution in [2.45, 2.75) is 19.4 Å². The number of hydrogen-bond acceptors (Lipinski definition) is 3. The van der Waals surface area contributed by atoms with Crippen molar-refractivity contribution in [3.05, 3.63) is 34.6 Å². The van der Waals surface area contributed by atoms with Gasteiger partial charge in [-0.3, -0.25) is 0 Å². The van der Waals surface area contributed by atoms with Gasteiger partial charge in [-0.1, -0.05) is 17.7 Å². The van der Waals surface area contributed by atoms with Crippen LogP contribution in [0.5, 0.6) is 0 Å². The lowest BCUT2D eigenvalue weighted by atomic mass is 9.99. The van der Waals surface area contributed by atoms with E-state index >= 15 is 0 Å². The van der Waals surface area contributed by atoms with Gasteiger partial charge in [-0.05, 0) is 43.0 Å². The van der Waals surface area contributed by atoms with E-state index in [0.29, 0.717) is 25.6 Å². The third kappa shape index (κ3) is 4.92. The normalized spacial score (nSPS) is 20.6. The van der Waals surface area contributed by atoms with Crippen molar-refractivity contribution in [1.82, 2.24) is 9.62 Å². The molecule has 0 spiro atoms. The zero-order valence-corrected chi connectivity index (χ0v) is 13.6. The minimum atomic E-state index is -3.10. The van der Waals surface area contributed by atoms with Gasteiger partial charge in [0.2, 0.25) is 10.0 Å². The molecule has 0 aromatic heterocycles. The van der Waals surface area contributed by atoms with Crippen molar-refractivity contribution >= 4 is 21.6 Å². The van der Waals surface area contributed by atoms with Crippen LogP contribution in [-0.2, 0) is 16.6 Å². The van der Waals surface area contributed by atoms with Crippen molar-refractivity contribution in [3.63, 3.8) is 0 Å². The van der Waals surface area contributed by atoms with E-state index in [1.54, 1.807) is 12.1 Å². The molecule has 1 aliphatic heterocycles. The number of hydrogen-bond donors (Lipinski definition) is 1. The van der Waals surface area contributed by atoms with Gasteiger partial charge in [0.05, 0.1) is 11.3 Å². The van der Waals surface area contributed by atoms with Crippen LogP contribution in [0.4, 0.5) is 4.39 Å². The van der Waals surface area contributed by atoms with Crippen LogP contribution in [0.1, 0.15) is 18.4 Å². The van der Waals surface area contributed by atoms with Crippen molar-refractivity contribution in [2.75, 3.05) is 25.9 Å². The minimum Gasteiger partial charge on any atom is -0.312 e. The van der Waals surface area contributed by atoms with Crippen LogP contribution >= 0.6 is 11.6 Å². The van der Waals surface area contributed by atoms with Gasteiger partial charge in [0.1, 0.15) is 5.82 Å². The van der Waals surface area contributed by atoms with Crippen LogP contribution < -0.4 is 5.32 Å². The maximum atomic E-state index is 13.1. The van der Waals surface area contributed by atoms with E-state index in [2.05, 4.69) is 5.32 Å². The number of halogens is 2. The number of piperidine rings is 1. The van der Waals surface area contributed by atoms with E-state index in [0.717, 1.165) is 24.9 Å². The molecule has 7 heteroatoms. The topological polar surface area (TPSA) is 49.4 Å². The summed E-state index contributed by atoms with van der Waals surface area (Å²) in [6, 6.07) is 4.65. The second kappa shape index (κ2) is 7.05. The number of nitrogens with one attached hydrogen (secondary N) is 1. The summed E-state index contributed by atoms with van der Waals surface area (Å²) in [5.74, 6) is -0.110. The van der Waals surface area contributed by atoms with Gasteiger partial charge in [0.25, 0.3) is 0 Å². The average Bonchev–Trinajstić information content (AvgIpc) is 2.42. The smallest absolute Gasteiger partial charge is 0.211 e. The molecule has 1 fully saturated rings. The first-order chi connectivity index (χ1) is 9.86. The lowest BCUT2D eigenvalue weighted by molar-refractivity contribution is 0.261. The van der Waals surface area contributed by atoms with Crippen LogP contribution in [-0.4, -0.2) is 38.6 Å². The summed E-state index contributed by atoms with van der Waals surface area (Å²) in [6.07, 6.45) is 3.16. The van der Waals surface area contributed by atoms with Gasteiger partial charge in [0, 0.05) is 19.6 Å².